The highest BCUT2D eigenvalue weighted by Crippen LogP contribution is 2.34. The smallest absolute Gasteiger partial charge is 0.376 e. The zero-order valence-electron chi connectivity index (χ0n) is 22.1. The molecule has 3 heterocycles. The number of aliphatic hydroxyl groups excluding tert-OH is 3. The number of hydrogen-bond acceptors (Lipinski definition) is 11. The Morgan fingerprint density at radius 3 is 2.30 bits per heavy atom. The lowest BCUT2D eigenvalue weighted by Crippen LogP contribution is -2.46. The highest BCUT2D eigenvalue weighted by atomic mass is 16.6. The number of methoxy groups -OCH3 is 1. The van der Waals surface area contributed by atoms with E-state index in [-0.39, 0.29) is 17.4 Å². The van der Waals surface area contributed by atoms with Crippen LogP contribution in [-0.2, 0) is 9.47 Å². The molecule has 1 unspecified atom stereocenters. The lowest BCUT2D eigenvalue weighted by molar-refractivity contribution is -0.0928. The van der Waals surface area contributed by atoms with Gasteiger partial charge in [-0.3, -0.25) is 9.88 Å². The standard InChI is InChI=1S/C28H32N6O6/c1-3-29-26(37)22-20(35)21(36)27(40-22)34-15-31-19-23(32-24(28(38)39-2)33-25(19)34)30-14-18(16-10-6-4-7-11-16)17-12-8-5-9-13-17/h4-13,15,18,20-22,26-27,29,35-37H,3,14H2,1-2H3,(H,30,32,33)/t20-,21+,22-,26?,27+/m0/s1. The first-order chi connectivity index (χ1) is 19.4. The Balaban J connectivity index is 1.51. The molecule has 5 N–H and O–H groups in total. The van der Waals surface area contributed by atoms with Crippen molar-refractivity contribution in [2.45, 2.75) is 43.6 Å². The molecule has 1 saturated heterocycles. The van der Waals surface area contributed by atoms with Gasteiger partial charge in [0.25, 0.3) is 0 Å². The van der Waals surface area contributed by atoms with Crippen molar-refractivity contribution in [2.75, 3.05) is 25.5 Å². The van der Waals surface area contributed by atoms with Gasteiger partial charge in [0.2, 0.25) is 5.82 Å². The van der Waals surface area contributed by atoms with Crippen LogP contribution in [0, 0.1) is 0 Å². The number of nitrogens with one attached hydrogen (secondary N) is 2. The first-order valence-electron chi connectivity index (χ1n) is 13.0. The second kappa shape index (κ2) is 12.1. The van der Waals surface area contributed by atoms with E-state index in [1.807, 2.05) is 60.7 Å². The first kappa shape index (κ1) is 27.6. The molecule has 1 aliphatic rings. The molecule has 0 radical (unpaired) electrons. The molecule has 12 heteroatoms. The minimum atomic E-state index is -1.40. The van der Waals surface area contributed by atoms with E-state index >= 15 is 0 Å². The second-order valence-corrected chi connectivity index (χ2v) is 9.44. The molecule has 40 heavy (non-hydrogen) atoms. The molecular formula is C28H32N6O6. The van der Waals surface area contributed by atoms with Gasteiger partial charge in [-0.05, 0) is 17.7 Å². The van der Waals surface area contributed by atoms with Gasteiger partial charge in [0.1, 0.15) is 24.5 Å². The minimum Gasteiger partial charge on any atom is -0.463 e. The van der Waals surface area contributed by atoms with E-state index < -0.39 is 36.7 Å². The van der Waals surface area contributed by atoms with Crippen molar-refractivity contribution in [1.29, 1.82) is 0 Å². The van der Waals surface area contributed by atoms with Crippen LogP contribution < -0.4 is 10.6 Å². The van der Waals surface area contributed by atoms with Gasteiger partial charge < -0.3 is 30.1 Å². The van der Waals surface area contributed by atoms with Crippen molar-refractivity contribution in [3.8, 4) is 0 Å². The molecule has 0 bridgehead atoms. The van der Waals surface area contributed by atoms with Crippen LogP contribution in [0.5, 0.6) is 0 Å². The summed E-state index contributed by atoms with van der Waals surface area (Å²) in [6.45, 7) is 2.65. The largest absolute Gasteiger partial charge is 0.463 e. The second-order valence-electron chi connectivity index (χ2n) is 9.44. The third-order valence-corrected chi connectivity index (χ3v) is 6.94. The lowest BCUT2D eigenvalue weighted by atomic mass is 9.91. The van der Waals surface area contributed by atoms with Crippen LogP contribution in [0.3, 0.4) is 0 Å². The maximum absolute atomic E-state index is 12.5. The summed E-state index contributed by atoms with van der Waals surface area (Å²) < 4.78 is 12.1. The molecule has 2 aromatic heterocycles. The van der Waals surface area contributed by atoms with Crippen LogP contribution in [0.25, 0.3) is 11.2 Å². The molecule has 2 aromatic carbocycles. The van der Waals surface area contributed by atoms with Gasteiger partial charge in [-0.15, -0.1) is 0 Å². The van der Waals surface area contributed by atoms with Gasteiger partial charge in [-0.2, -0.15) is 0 Å². The Morgan fingerprint density at radius 1 is 1.05 bits per heavy atom. The van der Waals surface area contributed by atoms with Gasteiger partial charge in [-0.1, -0.05) is 67.6 Å². The van der Waals surface area contributed by atoms with Gasteiger partial charge in [0.15, 0.2) is 23.2 Å². The van der Waals surface area contributed by atoms with E-state index in [1.165, 1.54) is 18.0 Å². The fourth-order valence-electron chi connectivity index (χ4n) is 4.91. The van der Waals surface area contributed by atoms with E-state index in [0.29, 0.717) is 24.4 Å². The van der Waals surface area contributed by atoms with Gasteiger partial charge >= 0.3 is 5.97 Å². The SMILES string of the molecule is CCNC(O)[C@H]1O[C@@H](n2cnc3c(NCC(c4ccccc4)c4ccccc4)nc(C(=O)OC)nc32)[C@H](O)[C@@H]1O. The topological polar surface area (TPSA) is 164 Å². The average molecular weight is 549 g/mol. The van der Waals surface area contributed by atoms with Crippen molar-refractivity contribution in [3.05, 3.63) is 83.9 Å². The predicted molar refractivity (Wildman–Crippen MR) is 145 cm³/mol. The maximum atomic E-state index is 12.5. The van der Waals surface area contributed by atoms with Crippen molar-refractivity contribution >= 4 is 23.0 Å². The zero-order valence-corrected chi connectivity index (χ0v) is 22.1. The van der Waals surface area contributed by atoms with Gasteiger partial charge in [-0.25, -0.2) is 19.7 Å². The normalized spacial score (nSPS) is 21.6. The Morgan fingerprint density at radius 2 is 1.70 bits per heavy atom. The van der Waals surface area contributed by atoms with Crippen molar-refractivity contribution in [2.24, 2.45) is 0 Å². The number of esters is 1. The molecule has 4 aromatic rings. The van der Waals surface area contributed by atoms with E-state index in [0.717, 1.165) is 11.1 Å². The number of ether oxygens (including phenoxy) is 2. The van der Waals surface area contributed by atoms with Crippen LogP contribution in [0.15, 0.2) is 67.0 Å². The van der Waals surface area contributed by atoms with E-state index in [4.69, 9.17) is 9.47 Å². The van der Waals surface area contributed by atoms with Gasteiger partial charge in [0.05, 0.1) is 13.4 Å². The summed E-state index contributed by atoms with van der Waals surface area (Å²) in [6, 6.07) is 20.0. The fraction of sp³-hybridized carbons (Fsp3) is 0.357. The number of fused-ring (bicyclic) bond motifs is 1. The monoisotopic (exact) mass is 548 g/mol. The Kier molecular flexibility index (Phi) is 8.33. The number of nitrogens with zero attached hydrogens (tertiary/aromatic N) is 4. The number of hydrogen-bond donors (Lipinski definition) is 5. The van der Waals surface area contributed by atoms with Crippen LogP contribution in [0.1, 0.15) is 40.8 Å². The van der Waals surface area contributed by atoms with Crippen molar-refractivity contribution in [1.82, 2.24) is 24.8 Å². The highest BCUT2D eigenvalue weighted by molar-refractivity contribution is 5.91. The van der Waals surface area contributed by atoms with Crippen LogP contribution in [0.2, 0.25) is 0 Å². The molecule has 5 atom stereocenters. The number of likely N-dealkylation sites (N-methyl/N-ethyl adjacent to an activating group) is 1. The number of rotatable bonds is 10. The molecule has 5 rings (SSSR count). The van der Waals surface area contributed by atoms with Gasteiger partial charge in [0, 0.05) is 12.5 Å². The molecule has 0 aliphatic carbocycles. The quantitative estimate of drug-likeness (QED) is 0.144. The van der Waals surface area contributed by atoms with Crippen LogP contribution >= 0.6 is 0 Å². The van der Waals surface area contributed by atoms with E-state index in [1.54, 1.807) is 6.92 Å². The molecule has 1 aliphatic heterocycles. The third kappa shape index (κ3) is 5.40. The lowest BCUT2D eigenvalue weighted by Gasteiger charge is -2.21. The third-order valence-electron chi connectivity index (χ3n) is 6.94. The molecular weight excluding hydrogens is 516 g/mol. The number of benzene rings is 2. The van der Waals surface area contributed by atoms with Crippen molar-refractivity contribution < 1.29 is 29.6 Å². The molecule has 210 valence electrons. The summed E-state index contributed by atoms with van der Waals surface area (Å²) in [5.74, 6) is -0.723. The number of carbonyl (C=O) groups excluding carboxylic acids is 1. The van der Waals surface area contributed by atoms with Crippen LogP contribution in [-0.4, -0.2) is 85.5 Å². The molecule has 0 saturated carbocycles. The number of anilines is 1. The summed E-state index contributed by atoms with van der Waals surface area (Å²) in [5, 5.41) is 37.8. The predicted octanol–water partition coefficient (Wildman–Crippen LogP) is 1.40. The summed E-state index contributed by atoms with van der Waals surface area (Å²) >= 11 is 0. The maximum Gasteiger partial charge on any atom is 0.376 e. The Bertz CT molecular complexity index is 1400. The molecule has 0 spiro atoms. The van der Waals surface area contributed by atoms with Crippen LogP contribution in [0.4, 0.5) is 5.82 Å². The summed E-state index contributed by atoms with van der Waals surface area (Å²) in [4.78, 5) is 25.7. The number of imidazole rings is 1. The Hall–Kier alpha value is -3.94. The number of aliphatic hydroxyl groups is 3. The first-order valence-corrected chi connectivity index (χ1v) is 13.0. The average Bonchev–Trinajstić information content (AvgIpc) is 3.54. The summed E-state index contributed by atoms with van der Waals surface area (Å²) in [7, 11) is 1.23. The van der Waals surface area contributed by atoms with E-state index in [2.05, 4.69) is 25.6 Å². The minimum absolute atomic E-state index is 0.0421. The molecule has 12 nitrogen and oxygen atoms in total. The Labute approximate surface area is 230 Å². The van der Waals surface area contributed by atoms with E-state index in [9.17, 15) is 20.1 Å². The molecule has 0 amide bonds. The fourth-order valence-corrected chi connectivity index (χ4v) is 4.91. The number of carbonyl (C=O) groups is 1. The summed E-state index contributed by atoms with van der Waals surface area (Å²) in [5.41, 5.74) is 2.69. The highest BCUT2D eigenvalue weighted by Gasteiger charge is 2.47. The zero-order chi connectivity index (χ0) is 28.2. The molecule has 1 fully saturated rings. The summed E-state index contributed by atoms with van der Waals surface area (Å²) in [6.07, 6.45) is -4.83. The van der Waals surface area contributed by atoms with Crippen molar-refractivity contribution in [3.63, 3.8) is 0 Å². The number of aromatic nitrogens is 4.